The molecule has 7 heteroatoms. The lowest BCUT2D eigenvalue weighted by molar-refractivity contribution is -0.129. The number of aromatic nitrogens is 2. The summed E-state index contributed by atoms with van der Waals surface area (Å²) in [5, 5.41) is 6.93. The number of carbonyl (C=O) groups excluding carboxylic acids is 2. The highest BCUT2D eigenvalue weighted by Crippen LogP contribution is 2.29. The van der Waals surface area contributed by atoms with Crippen LogP contribution in [0.1, 0.15) is 52.8 Å². The van der Waals surface area contributed by atoms with Crippen LogP contribution in [0.4, 0.5) is 0 Å². The molecule has 2 aromatic carbocycles. The third kappa shape index (κ3) is 4.40. The smallest absolute Gasteiger partial charge is 0.251 e. The zero-order valence-corrected chi connectivity index (χ0v) is 16.8. The number of carbonyl (C=O) groups is 2. The van der Waals surface area contributed by atoms with Gasteiger partial charge in [0.2, 0.25) is 11.8 Å². The van der Waals surface area contributed by atoms with Crippen molar-refractivity contribution in [2.75, 3.05) is 13.1 Å². The average molecular weight is 404 g/mol. The number of rotatable bonds is 7. The van der Waals surface area contributed by atoms with Crippen molar-refractivity contribution < 1.29 is 14.1 Å². The fourth-order valence-electron chi connectivity index (χ4n) is 3.55. The highest BCUT2D eigenvalue weighted by molar-refractivity contribution is 5.94. The van der Waals surface area contributed by atoms with Gasteiger partial charge in [0.15, 0.2) is 5.82 Å². The molecule has 7 nitrogen and oxygen atoms in total. The number of hydrogen-bond acceptors (Lipinski definition) is 5. The predicted molar refractivity (Wildman–Crippen MR) is 111 cm³/mol. The Morgan fingerprint density at radius 3 is 2.60 bits per heavy atom. The number of benzene rings is 2. The lowest BCUT2D eigenvalue weighted by Crippen LogP contribution is -2.28. The number of nitrogens with one attached hydrogen (secondary N) is 1. The van der Waals surface area contributed by atoms with Gasteiger partial charge < -0.3 is 14.7 Å². The molecule has 0 aliphatic carbocycles. The molecule has 0 saturated carbocycles. The first kappa shape index (κ1) is 19.8. The van der Waals surface area contributed by atoms with Crippen molar-refractivity contribution in [3.8, 4) is 0 Å². The molecule has 2 amide bonds. The Hall–Kier alpha value is -3.48. The fourth-order valence-corrected chi connectivity index (χ4v) is 3.55. The molecule has 1 aliphatic rings. The molecule has 0 radical (unpaired) electrons. The molecule has 3 aromatic rings. The van der Waals surface area contributed by atoms with E-state index in [4.69, 9.17) is 4.52 Å². The minimum Gasteiger partial charge on any atom is -0.351 e. The maximum Gasteiger partial charge on any atom is 0.251 e. The van der Waals surface area contributed by atoms with Crippen LogP contribution in [-0.4, -0.2) is 39.9 Å². The van der Waals surface area contributed by atoms with E-state index in [0.29, 0.717) is 43.3 Å². The minimum absolute atomic E-state index is 0.0130. The lowest BCUT2D eigenvalue weighted by atomic mass is 10.1. The summed E-state index contributed by atoms with van der Waals surface area (Å²) in [6.45, 7) is 3.54. The Balaban J connectivity index is 1.34. The summed E-state index contributed by atoms with van der Waals surface area (Å²) >= 11 is 0. The molecule has 1 N–H and O–H groups in total. The van der Waals surface area contributed by atoms with E-state index in [9.17, 15) is 9.59 Å². The average Bonchev–Trinajstić information content (AvgIpc) is 3.40. The maximum absolute atomic E-state index is 12.8. The Labute approximate surface area is 175 Å². The fraction of sp³-hybridized carbons (Fsp3) is 0.304. The molecule has 1 fully saturated rings. The third-order valence-corrected chi connectivity index (χ3v) is 5.31. The van der Waals surface area contributed by atoms with E-state index in [1.807, 2.05) is 60.4 Å². The van der Waals surface area contributed by atoms with E-state index < -0.39 is 5.92 Å². The van der Waals surface area contributed by atoms with Crippen molar-refractivity contribution in [1.29, 1.82) is 0 Å². The number of nitrogens with zero attached hydrogens (tertiary/aromatic N) is 3. The third-order valence-electron chi connectivity index (χ3n) is 5.31. The molecular formula is C23H24N4O3. The number of hydrogen-bond donors (Lipinski definition) is 1. The Bertz CT molecular complexity index is 1000. The van der Waals surface area contributed by atoms with Gasteiger partial charge in [-0.1, -0.05) is 60.6 Å². The SMILES string of the molecule is CC(CNC(=O)c1ccccc1)c1noc(C2CCN(Cc3ccccc3)C2=O)n1. The first-order valence-corrected chi connectivity index (χ1v) is 10.1. The highest BCUT2D eigenvalue weighted by atomic mass is 16.5. The summed E-state index contributed by atoms with van der Waals surface area (Å²) in [5.74, 6) is 0.181. The van der Waals surface area contributed by atoms with E-state index in [-0.39, 0.29) is 17.7 Å². The van der Waals surface area contributed by atoms with Gasteiger partial charge >= 0.3 is 0 Å². The summed E-state index contributed by atoms with van der Waals surface area (Å²) in [6, 6.07) is 19.0. The van der Waals surface area contributed by atoms with Gasteiger partial charge in [-0.05, 0) is 24.1 Å². The molecule has 2 atom stereocenters. The molecule has 2 unspecified atom stereocenters. The van der Waals surface area contributed by atoms with Gasteiger partial charge in [-0.2, -0.15) is 4.98 Å². The normalized spacial score (nSPS) is 17.2. The van der Waals surface area contributed by atoms with Crippen molar-refractivity contribution in [2.45, 2.75) is 31.7 Å². The van der Waals surface area contributed by atoms with Crippen LogP contribution in [0.2, 0.25) is 0 Å². The van der Waals surface area contributed by atoms with Crippen LogP contribution in [0.15, 0.2) is 65.2 Å². The minimum atomic E-state index is -0.402. The molecule has 154 valence electrons. The Morgan fingerprint density at radius 1 is 1.17 bits per heavy atom. The molecule has 2 heterocycles. The summed E-state index contributed by atoms with van der Waals surface area (Å²) in [7, 11) is 0. The molecule has 0 bridgehead atoms. The molecule has 1 saturated heterocycles. The summed E-state index contributed by atoms with van der Waals surface area (Å²) in [5.41, 5.74) is 1.70. The molecule has 1 aromatic heterocycles. The second-order valence-corrected chi connectivity index (χ2v) is 7.55. The van der Waals surface area contributed by atoms with Crippen molar-refractivity contribution >= 4 is 11.8 Å². The van der Waals surface area contributed by atoms with Gasteiger partial charge in [0.05, 0.1) is 0 Å². The van der Waals surface area contributed by atoms with E-state index in [1.54, 1.807) is 12.1 Å². The maximum atomic E-state index is 12.8. The summed E-state index contributed by atoms with van der Waals surface area (Å²) in [6.07, 6.45) is 0.659. The predicted octanol–water partition coefficient (Wildman–Crippen LogP) is 3.12. The van der Waals surface area contributed by atoms with Gasteiger partial charge in [-0.3, -0.25) is 9.59 Å². The molecule has 30 heavy (non-hydrogen) atoms. The van der Waals surface area contributed by atoms with Crippen LogP contribution in [0.5, 0.6) is 0 Å². The van der Waals surface area contributed by atoms with Crippen molar-refractivity contribution in [1.82, 2.24) is 20.4 Å². The van der Waals surface area contributed by atoms with Crippen molar-refractivity contribution in [3.63, 3.8) is 0 Å². The number of likely N-dealkylation sites (tertiary alicyclic amines) is 1. The Morgan fingerprint density at radius 2 is 1.87 bits per heavy atom. The van der Waals surface area contributed by atoms with Crippen molar-refractivity contribution in [2.24, 2.45) is 0 Å². The van der Waals surface area contributed by atoms with E-state index in [1.165, 1.54) is 0 Å². The summed E-state index contributed by atoms with van der Waals surface area (Å²) < 4.78 is 5.41. The monoisotopic (exact) mass is 404 g/mol. The van der Waals surface area contributed by atoms with Gasteiger partial charge in [0, 0.05) is 31.1 Å². The molecule has 1 aliphatic heterocycles. The van der Waals surface area contributed by atoms with Crippen LogP contribution in [0.3, 0.4) is 0 Å². The lowest BCUT2D eigenvalue weighted by Gasteiger charge is -2.15. The van der Waals surface area contributed by atoms with Gasteiger partial charge in [0.1, 0.15) is 5.92 Å². The zero-order valence-electron chi connectivity index (χ0n) is 16.8. The van der Waals surface area contributed by atoms with E-state index in [0.717, 1.165) is 5.56 Å². The molecule has 0 spiro atoms. The van der Waals surface area contributed by atoms with Gasteiger partial charge in [-0.15, -0.1) is 0 Å². The highest BCUT2D eigenvalue weighted by Gasteiger charge is 2.37. The topological polar surface area (TPSA) is 88.3 Å². The molecular weight excluding hydrogens is 380 g/mol. The second kappa shape index (κ2) is 8.90. The van der Waals surface area contributed by atoms with Crippen LogP contribution >= 0.6 is 0 Å². The van der Waals surface area contributed by atoms with Crippen LogP contribution in [0.25, 0.3) is 0 Å². The molecule has 4 rings (SSSR count). The van der Waals surface area contributed by atoms with Crippen molar-refractivity contribution in [3.05, 3.63) is 83.5 Å². The van der Waals surface area contributed by atoms with Crippen LogP contribution in [-0.2, 0) is 11.3 Å². The first-order valence-electron chi connectivity index (χ1n) is 10.1. The Kier molecular flexibility index (Phi) is 5.88. The zero-order chi connectivity index (χ0) is 20.9. The van der Waals surface area contributed by atoms with Gasteiger partial charge in [0.25, 0.3) is 5.91 Å². The van der Waals surface area contributed by atoms with E-state index >= 15 is 0 Å². The second-order valence-electron chi connectivity index (χ2n) is 7.55. The standard InChI is InChI=1S/C23H24N4O3/c1-16(14-24-21(28)18-10-6-3-7-11-18)20-25-22(30-26-20)19-12-13-27(23(19)29)15-17-8-4-2-5-9-17/h2-11,16,19H,12-15H2,1H3,(H,24,28). The van der Waals surface area contributed by atoms with Crippen LogP contribution < -0.4 is 5.32 Å². The summed E-state index contributed by atoms with van der Waals surface area (Å²) in [4.78, 5) is 31.3. The van der Waals surface area contributed by atoms with Gasteiger partial charge in [-0.25, -0.2) is 0 Å². The quantitative estimate of drug-likeness (QED) is 0.654. The van der Waals surface area contributed by atoms with Crippen LogP contribution in [0, 0.1) is 0 Å². The first-order chi connectivity index (χ1) is 14.6. The van der Waals surface area contributed by atoms with E-state index in [2.05, 4.69) is 15.5 Å². The largest absolute Gasteiger partial charge is 0.351 e. The number of amides is 2.